The highest BCUT2D eigenvalue weighted by Crippen LogP contribution is 2.31. The Morgan fingerprint density at radius 1 is 1.32 bits per heavy atom. The van der Waals surface area contributed by atoms with Crippen LogP contribution >= 0.6 is 23.1 Å². The first kappa shape index (κ1) is 15.3. The Balaban J connectivity index is 2.20. The molecule has 2 atom stereocenters. The molecule has 0 amide bonds. The van der Waals surface area contributed by atoms with Gasteiger partial charge >= 0.3 is 0 Å². The Labute approximate surface area is 122 Å². The second kappa shape index (κ2) is 6.13. The predicted octanol–water partition coefficient (Wildman–Crippen LogP) is 1.80. The van der Waals surface area contributed by atoms with E-state index < -0.39 is 10.0 Å². The maximum absolute atomic E-state index is 12.6. The van der Waals surface area contributed by atoms with Crippen LogP contribution in [0.1, 0.15) is 18.7 Å². The highest BCUT2D eigenvalue weighted by Gasteiger charge is 2.32. The van der Waals surface area contributed by atoms with Crippen LogP contribution in [0.3, 0.4) is 0 Å². The second-order valence-electron chi connectivity index (χ2n) is 4.77. The fourth-order valence-corrected chi connectivity index (χ4v) is 6.83. The molecule has 1 saturated heterocycles. The van der Waals surface area contributed by atoms with Crippen molar-refractivity contribution in [1.29, 1.82) is 0 Å². The highest BCUT2D eigenvalue weighted by atomic mass is 32.2. The summed E-state index contributed by atoms with van der Waals surface area (Å²) >= 11 is 3.10. The van der Waals surface area contributed by atoms with Gasteiger partial charge in [-0.1, -0.05) is 13.8 Å². The van der Waals surface area contributed by atoms with Gasteiger partial charge in [0.05, 0.1) is 0 Å². The molecule has 19 heavy (non-hydrogen) atoms. The number of hydrogen-bond donors (Lipinski definition) is 1. The van der Waals surface area contributed by atoms with Crippen molar-refractivity contribution < 1.29 is 13.5 Å². The first-order valence-corrected chi connectivity index (χ1v) is 9.48. The number of sulfonamides is 1. The maximum Gasteiger partial charge on any atom is 0.252 e. The minimum absolute atomic E-state index is 0.0500. The van der Waals surface area contributed by atoms with E-state index in [9.17, 15) is 8.42 Å². The van der Waals surface area contributed by atoms with Crippen LogP contribution in [0.2, 0.25) is 0 Å². The molecule has 0 spiro atoms. The van der Waals surface area contributed by atoms with E-state index in [2.05, 4.69) is 13.8 Å². The minimum atomic E-state index is -3.37. The molecule has 0 bridgehead atoms. The first-order valence-electron chi connectivity index (χ1n) is 6.28. The summed E-state index contributed by atoms with van der Waals surface area (Å²) in [5.74, 6) is 0. The number of rotatable bonds is 4. The van der Waals surface area contributed by atoms with Crippen molar-refractivity contribution in [3.05, 3.63) is 17.0 Å². The lowest BCUT2D eigenvalue weighted by atomic mass is 10.4. The summed E-state index contributed by atoms with van der Waals surface area (Å²) in [5.41, 5.74) is 0. The molecule has 1 fully saturated rings. The van der Waals surface area contributed by atoms with Gasteiger partial charge in [0.15, 0.2) is 0 Å². The Bertz CT molecular complexity index is 516. The number of aliphatic hydroxyl groups excluding tert-OH is 1. The summed E-state index contributed by atoms with van der Waals surface area (Å²) in [6, 6.07) is 3.45. The largest absolute Gasteiger partial charge is 0.396 e. The summed E-state index contributed by atoms with van der Waals surface area (Å²) in [5, 5.41) is 9.55. The van der Waals surface area contributed by atoms with Gasteiger partial charge in [-0.15, -0.1) is 11.3 Å². The number of hydrogen-bond acceptors (Lipinski definition) is 5. The van der Waals surface area contributed by atoms with Crippen LogP contribution in [0.15, 0.2) is 16.3 Å². The summed E-state index contributed by atoms with van der Waals surface area (Å²) in [6.07, 6.45) is 0.517. The quantitative estimate of drug-likeness (QED) is 0.919. The van der Waals surface area contributed by atoms with Crippen LogP contribution < -0.4 is 0 Å². The molecule has 1 aromatic rings. The lowest BCUT2D eigenvalue weighted by molar-refractivity contribution is 0.300. The van der Waals surface area contributed by atoms with E-state index in [4.69, 9.17) is 5.11 Å². The van der Waals surface area contributed by atoms with Gasteiger partial charge in [0, 0.05) is 41.5 Å². The molecule has 2 rings (SSSR count). The van der Waals surface area contributed by atoms with Gasteiger partial charge in [-0.25, -0.2) is 8.42 Å². The van der Waals surface area contributed by atoms with Gasteiger partial charge in [-0.3, -0.25) is 0 Å². The zero-order valence-electron chi connectivity index (χ0n) is 11.1. The first-order chi connectivity index (χ1) is 8.93. The van der Waals surface area contributed by atoms with E-state index in [1.807, 2.05) is 11.8 Å². The fraction of sp³-hybridized carbons (Fsp3) is 0.667. The van der Waals surface area contributed by atoms with Crippen molar-refractivity contribution in [2.75, 3.05) is 19.7 Å². The van der Waals surface area contributed by atoms with E-state index in [0.717, 1.165) is 4.88 Å². The van der Waals surface area contributed by atoms with Crippen LogP contribution in [0.25, 0.3) is 0 Å². The molecule has 1 aliphatic heterocycles. The lowest BCUT2D eigenvalue weighted by Crippen LogP contribution is -2.43. The van der Waals surface area contributed by atoms with E-state index in [0.29, 0.717) is 34.2 Å². The van der Waals surface area contributed by atoms with Crippen molar-refractivity contribution in [3.63, 3.8) is 0 Å². The highest BCUT2D eigenvalue weighted by molar-refractivity contribution is 8.00. The van der Waals surface area contributed by atoms with Gasteiger partial charge in [-0.2, -0.15) is 16.1 Å². The van der Waals surface area contributed by atoms with Gasteiger partial charge in [-0.05, 0) is 12.1 Å². The third kappa shape index (κ3) is 3.52. The smallest absolute Gasteiger partial charge is 0.252 e. The standard InChI is InChI=1S/C12H19NO3S3/c1-9-7-13(8-10(2)17-9)19(15,16)12-4-3-11(18-12)5-6-14/h3-4,9-10,14H,5-8H2,1-2H3. The van der Waals surface area contributed by atoms with Gasteiger partial charge < -0.3 is 5.11 Å². The molecule has 4 nitrogen and oxygen atoms in total. The summed E-state index contributed by atoms with van der Waals surface area (Å²) in [6.45, 7) is 5.33. The number of thiophene rings is 1. The monoisotopic (exact) mass is 321 g/mol. The molecule has 0 aromatic carbocycles. The Morgan fingerprint density at radius 3 is 2.53 bits per heavy atom. The van der Waals surface area contributed by atoms with E-state index in [1.165, 1.54) is 11.3 Å². The van der Waals surface area contributed by atoms with Crippen LogP contribution in [0.5, 0.6) is 0 Å². The molecular weight excluding hydrogens is 302 g/mol. The van der Waals surface area contributed by atoms with Crippen molar-refractivity contribution in [3.8, 4) is 0 Å². The van der Waals surface area contributed by atoms with Gasteiger partial charge in [0.25, 0.3) is 10.0 Å². The van der Waals surface area contributed by atoms with E-state index in [1.54, 1.807) is 16.4 Å². The van der Waals surface area contributed by atoms with E-state index in [-0.39, 0.29) is 6.61 Å². The summed E-state index contributed by atoms with van der Waals surface area (Å²) in [4.78, 5) is 0.911. The predicted molar refractivity (Wildman–Crippen MR) is 80.4 cm³/mol. The molecule has 2 heterocycles. The maximum atomic E-state index is 12.6. The molecule has 108 valence electrons. The molecule has 1 aromatic heterocycles. The summed E-state index contributed by atoms with van der Waals surface area (Å²) in [7, 11) is -3.37. The Kier molecular flexibility index (Phi) is 4.94. The average Bonchev–Trinajstić information content (AvgIpc) is 2.77. The van der Waals surface area contributed by atoms with E-state index >= 15 is 0 Å². The molecule has 0 radical (unpaired) electrons. The molecule has 1 aliphatic rings. The van der Waals surface area contributed by atoms with Crippen molar-refractivity contribution in [2.24, 2.45) is 0 Å². The number of nitrogens with zero attached hydrogens (tertiary/aromatic N) is 1. The fourth-order valence-electron chi connectivity index (χ4n) is 2.20. The van der Waals surface area contributed by atoms with Crippen LogP contribution in [0, 0.1) is 0 Å². The van der Waals surface area contributed by atoms with Crippen molar-refractivity contribution >= 4 is 33.1 Å². The molecular formula is C12H19NO3S3. The lowest BCUT2D eigenvalue weighted by Gasteiger charge is -2.33. The zero-order valence-corrected chi connectivity index (χ0v) is 13.5. The van der Waals surface area contributed by atoms with Crippen molar-refractivity contribution in [1.82, 2.24) is 4.31 Å². The van der Waals surface area contributed by atoms with Crippen LogP contribution in [-0.2, 0) is 16.4 Å². The van der Waals surface area contributed by atoms with Crippen LogP contribution in [-0.4, -0.2) is 48.0 Å². The topological polar surface area (TPSA) is 57.6 Å². The third-order valence-corrected chi connectivity index (χ3v) is 7.65. The molecule has 1 N–H and O–H groups in total. The zero-order chi connectivity index (χ0) is 14.0. The summed E-state index contributed by atoms with van der Waals surface area (Å²) < 4.78 is 27.1. The van der Waals surface area contributed by atoms with Gasteiger partial charge in [0.1, 0.15) is 4.21 Å². The third-order valence-electron chi connectivity index (χ3n) is 2.98. The second-order valence-corrected chi connectivity index (χ2v) is 9.99. The minimum Gasteiger partial charge on any atom is -0.396 e. The molecule has 7 heteroatoms. The number of aliphatic hydroxyl groups is 1. The molecule has 2 unspecified atom stereocenters. The molecule has 0 saturated carbocycles. The average molecular weight is 321 g/mol. The van der Waals surface area contributed by atoms with Crippen LogP contribution in [0.4, 0.5) is 0 Å². The Hall–Kier alpha value is -0.0800. The SMILES string of the molecule is CC1CN(S(=O)(=O)c2ccc(CCO)s2)CC(C)S1. The van der Waals surface area contributed by atoms with Crippen molar-refractivity contribution in [2.45, 2.75) is 35.0 Å². The Morgan fingerprint density at radius 2 is 1.95 bits per heavy atom. The normalized spacial score (nSPS) is 25.6. The number of thioether (sulfide) groups is 1. The van der Waals surface area contributed by atoms with Gasteiger partial charge in [0.2, 0.25) is 0 Å². The molecule has 0 aliphatic carbocycles.